The lowest BCUT2D eigenvalue weighted by Crippen LogP contribution is -2.34. The molecule has 0 saturated carbocycles. The van der Waals surface area contributed by atoms with Gasteiger partial charge in [-0.15, -0.1) is 24.0 Å². The molecule has 0 fully saturated rings. The van der Waals surface area contributed by atoms with E-state index >= 15 is 0 Å². The second-order valence-corrected chi connectivity index (χ2v) is 5.37. The molecule has 118 valence electrons. The summed E-state index contributed by atoms with van der Waals surface area (Å²) in [5.74, 6) is 0.339. The van der Waals surface area contributed by atoms with Gasteiger partial charge in [-0.1, -0.05) is 22.9 Å². The zero-order valence-corrected chi connectivity index (χ0v) is 16.2. The van der Waals surface area contributed by atoms with Crippen molar-refractivity contribution in [1.82, 2.24) is 5.32 Å². The van der Waals surface area contributed by atoms with E-state index in [0.717, 1.165) is 22.1 Å². The normalized spacial score (nSPS) is 10.7. The third kappa shape index (κ3) is 8.25. The van der Waals surface area contributed by atoms with Crippen LogP contribution in [-0.2, 0) is 4.79 Å². The maximum absolute atomic E-state index is 11.8. The maximum Gasteiger partial charge on any atom is 0.226 e. The van der Waals surface area contributed by atoms with E-state index in [-0.39, 0.29) is 29.9 Å². The van der Waals surface area contributed by atoms with E-state index in [2.05, 4.69) is 31.6 Å². The van der Waals surface area contributed by atoms with Crippen LogP contribution in [0.4, 0.5) is 5.69 Å². The van der Waals surface area contributed by atoms with Crippen molar-refractivity contribution in [2.24, 2.45) is 10.7 Å². The van der Waals surface area contributed by atoms with Crippen molar-refractivity contribution < 1.29 is 4.79 Å². The zero-order valence-electron chi connectivity index (χ0n) is 12.3. The number of rotatable bonds is 6. The van der Waals surface area contributed by atoms with Crippen LogP contribution in [0.5, 0.6) is 0 Å². The van der Waals surface area contributed by atoms with E-state index in [1.807, 2.05) is 32.0 Å². The lowest BCUT2D eigenvalue weighted by molar-refractivity contribution is -0.116. The molecule has 0 heterocycles. The van der Waals surface area contributed by atoms with Crippen LogP contribution >= 0.6 is 39.9 Å². The molecule has 0 unspecified atom stereocenters. The predicted molar refractivity (Wildman–Crippen MR) is 102 cm³/mol. The van der Waals surface area contributed by atoms with Crippen LogP contribution in [0.1, 0.15) is 25.3 Å². The summed E-state index contributed by atoms with van der Waals surface area (Å²) < 4.78 is 0.995. The first kappa shape index (κ1) is 20.2. The van der Waals surface area contributed by atoms with E-state index in [1.54, 1.807) is 0 Å². The van der Waals surface area contributed by atoms with Crippen LogP contribution in [0.25, 0.3) is 0 Å². The summed E-state index contributed by atoms with van der Waals surface area (Å²) in [6.07, 6.45) is 1.30. The van der Waals surface area contributed by atoms with Gasteiger partial charge in [0.15, 0.2) is 5.96 Å². The first-order valence-corrected chi connectivity index (χ1v) is 7.42. The van der Waals surface area contributed by atoms with Gasteiger partial charge in [0.05, 0.1) is 0 Å². The van der Waals surface area contributed by atoms with Crippen molar-refractivity contribution in [3.8, 4) is 0 Å². The molecule has 7 heteroatoms. The predicted octanol–water partition coefficient (Wildman–Crippen LogP) is 3.02. The molecule has 5 nitrogen and oxygen atoms in total. The highest BCUT2D eigenvalue weighted by Crippen LogP contribution is 2.19. The van der Waals surface area contributed by atoms with E-state index in [0.29, 0.717) is 25.5 Å². The third-order valence-electron chi connectivity index (χ3n) is 2.63. The van der Waals surface area contributed by atoms with E-state index in [1.165, 1.54) is 0 Å². The smallest absolute Gasteiger partial charge is 0.226 e. The molecule has 0 saturated heterocycles. The van der Waals surface area contributed by atoms with Gasteiger partial charge < -0.3 is 16.4 Å². The highest BCUT2D eigenvalue weighted by atomic mass is 127. The summed E-state index contributed by atoms with van der Waals surface area (Å²) in [5.41, 5.74) is 7.48. The molecule has 0 aromatic heterocycles. The number of halogens is 2. The number of amides is 1. The molecule has 0 aliphatic carbocycles. The number of carbonyl (C=O) groups is 1. The Bertz CT molecular complexity index is 494. The Morgan fingerprint density at radius 1 is 1.43 bits per heavy atom. The van der Waals surface area contributed by atoms with Crippen LogP contribution in [0, 0.1) is 6.92 Å². The van der Waals surface area contributed by atoms with Crippen LogP contribution in [-0.4, -0.2) is 25.0 Å². The molecule has 0 aliphatic rings. The Kier molecular flexibility index (Phi) is 10.4. The fourth-order valence-electron chi connectivity index (χ4n) is 1.57. The number of nitrogens with zero attached hydrogens (tertiary/aromatic N) is 1. The van der Waals surface area contributed by atoms with Gasteiger partial charge >= 0.3 is 0 Å². The van der Waals surface area contributed by atoms with Crippen LogP contribution in [0.15, 0.2) is 27.7 Å². The molecule has 0 atom stereocenters. The summed E-state index contributed by atoms with van der Waals surface area (Å²) in [5, 5.41) is 5.79. The highest BCUT2D eigenvalue weighted by molar-refractivity contribution is 14.0. The number of nitrogens with two attached hydrogens (primary N) is 1. The molecule has 1 aromatic carbocycles. The molecule has 0 aliphatic heterocycles. The number of benzene rings is 1. The molecule has 4 N–H and O–H groups in total. The summed E-state index contributed by atoms with van der Waals surface area (Å²) >= 11 is 3.39. The van der Waals surface area contributed by atoms with Gasteiger partial charge in [-0.25, -0.2) is 0 Å². The quantitative estimate of drug-likeness (QED) is 0.341. The van der Waals surface area contributed by atoms with Crippen LogP contribution in [0.2, 0.25) is 0 Å². The Hall–Kier alpha value is -0.830. The molecule has 0 spiro atoms. The van der Waals surface area contributed by atoms with Crippen molar-refractivity contribution in [2.45, 2.75) is 26.7 Å². The second-order valence-electron chi connectivity index (χ2n) is 4.45. The first-order valence-electron chi connectivity index (χ1n) is 6.62. The zero-order chi connectivity index (χ0) is 15.0. The van der Waals surface area contributed by atoms with Gasteiger partial charge in [0.25, 0.3) is 0 Å². The minimum absolute atomic E-state index is 0. The number of aliphatic imine (C=N–C) groups is 1. The number of nitrogens with one attached hydrogen (secondary N) is 2. The van der Waals surface area contributed by atoms with Crippen molar-refractivity contribution in [2.75, 3.05) is 18.4 Å². The highest BCUT2D eigenvalue weighted by Gasteiger charge is 2.05. The van der Waals surface area contributed by atoms with E-state index in [4.69, 9.17) is 5.73 Å². The van der Waals surface area contributed by atoms with Crippen molar-refractivity contribution in [3.63, 3.8) is 0 Å². The number of hydrogen-bond donors (Lipinski definition) is 3. The third-order valence-corrected chi connectivity index (χ3v) is 3.12. The molecule has 0 radical (unpaired) electrons. The molecular weight excluding hydrogens is 447 g/mol. The van der Waals surface area contributed by atoms with Crippen molar-refractivity contribution in [3.05, 3.63) is 28.2 Å². The van der Waals surface area contributed by atoms with Crippen molar-refractivity contribution in [1.29, 1.82) is 0 Å². The van der Waals surface area contributed by atoms with Gasteiger partial charge in [-0.2, -0.15) is 0 Å². The summed E-state index contributed by atoms with van der Waals surface area (Å²) in [6, 6.07) is 5.74. The standard InChI is InChI=1S/C14H21BrN4O.HI/c1-3-7-17-14(16)18-8-6-13(20)19-12-5-4-11(15)9-10(12)2;/h4-5,9H,3,6-8H2,1-2H3,(H,19,20)(H3,16,17,18);1H. The number of aryl methyl sites for hydroxylation is 1. The van der Waals surface area contributed by atoms with Gasteiger partial charge in [-0.3, -0.25) is 9.79 Å². The average molecular weight is 469 g/mol. The van der Waals surface area contributed by atoms with Crippen LogP contribution < -0.4 is 16.4 Å². The average Bonchev–Trinajstić information content (AvgIpc) is 2.39. The summed E-state index contributed by atoms with van der Waals surface area (Å²) in [4.78, 5) is 15.9. The minimum Gasteiger partial charge on any atom is -0.370 e. The second kappa shape index (κ2) is 10.8. The molecule has 1 amide bonds. The van der Waals surface area contributed by atoms with Gasteiger partial charge in [0.2, 0.25) is 5.91 Å². The largest absolute Gasteiger partial charge is 0.370 e. The Labute approximate surface area is 151 Å². The molecule has 1 rings (SSSR count). The van der Waals surface area contributed by atoms with Gasteiger partial charge in [-0.05, 0) is 37.1 Å². The van der Waals surface area contributed by atoms with Gasteiger partial charge in [0, 0.05) is 29.7 Å². The van der Waals surface area contributed by atoms with Crippen molar-refractivity contribution >= 4 is 57.5 Å². The Morgan fingerprint density at radius 3 is 2.76 bits per heavy atom. The topological polar surface area (TPSA) is 79.5 Å². The fraction of sp³-hybridized carbons (Fsp3) is 0.429. The number of carbonyl (C=O) groups excluding carboxylic acids is 1. The Balaban J connectivity index is 0.00000400. The van der Waals surface area contributed by atoms with Crippen LogP contribution in [0.3, 0.4) is 0 Å². The number of anilines is 1. The Morgan fingerprint density at radius 2 is 2.14 bits per heavy atom. The lowest BCUT2D eigenvalue weighted by atomic mass is 10.2. The molecule has 1 aromatic rings. The first-order chi connectivity index (χ1) is 9.52. The van der Waals surface area contributed by atoms with E-state index < -0.39 is 0 Å². The fourth-order valence-corrected chi connectivity index (χ4v) is 2.05. The number of guanidine groups is 1. The lowest BCUT2D eigenvalue weighted by Gasteiger charge is -2.09. The molecule has 0 bridgehead atoms. The van der Waals surface area contributed by atoms with E-state index in [9.17, 15) is 4.79 Å². The summed E-state index contributed by atoms with van der Waals surface area (Å²) in [7, 11) is 0. The molecule has 21 heavy (non-hydrogen) atoms. The summed E-state index contributed by atoms with van der Waals surface area (Å²) in [6.45, 7) is 5.16. The number of hydrogen-bond acceptors (Lipinski definition) is 2. The minimum atomic E-state index is -0.0498. The van der Waals surface area contributed by atoms with Gasteiger partial charge in [0.1, 0.15) is 0 Å². The maximum atomic E-state index is 11.8. The molecular formula is C14H22BrIN4O. The monoisotopic (exact) mass is 468 g/mol. The SMILES string of the molecule is CCCN=C(N)NCCC(=O)Nc1ccc(Br)cc1C.I.